The second-order valence-electron chi connectivity index (χ2n) is 7.03. The minimum absolute atomic E-state index is 0.0161. The van der Waals surface area contributed by atoms with Gasteiger partial charge >= 0.3 is 0 Å². The highest BCUT2D eigenvalue weighted by Crippen LogP contribution is 2.26. The van der Waals surface area contributed by atoms with Gasteiger partial charge < -0.3 is 14.8 Å². The van der Waals surface area contributed by atoms with E-state index in [9.17, 15) is 4.79 Å². The number of amides is 1. The molecule has 6 heteroatoms. The van der Waals surface area contributed by atoms with Crippen molar-refractivity contribution in [2.75, 3.05) is 33.4 Å². The lowest BCUT2D eigenvalue weighted by atomic mass is 10.1. The number of nitrogens with zero attached hydrogens (tertiary/aromatic N) is 1. The highest BCUT2D eigenvalue weighted by molar-refractivity contribution is 6.30. The van der Waals surface area contributed by atoms with E-state index >= 15 is 0 Å². The lowest BCUT2D eigenvalue weighted by molar-refractivity contribution is -0.123. The van der Waals surface area contributed by atoms with Crippen molar-refractivity contribution in [2.24, 2.45) is 0 Å². The average Bonchev–Trinajstić information content (AvgIpc) is 3.22. The molecule has 1 fully saturated rings. The molecule has 0 aromatic heterocycles. The summed E-state index contributed by atoms with van der Waals surface area (Å²) in [7, 11) is 1.66. The molecule has 1 unspecified atom stereocenters. The summed E-state index contributed by atoms with van der Waals surface area (Å²) >= 11 is 5.96. The summed E-state index contributed by atoms with van der Waals surface area (Å²) < 4.78 is 10.9. The molecule has 1 amide bonds. The summed E-state index contributed by atoms with van der Waals surface area (Å²) in [5, 5.41) is 3.68. The number of carbonyl (C=O) groups excluding carboxylic acids is 1. The van der Waals surface area contributed by atoms with E-state index in [0.717, 1.165) is 24.4 Å². The first-order chi connectivity index (χ1) is 13.6. The first kappa shape index (κ1) is 20.5. The van der Waals surface area contributed by atoms with Gasteiger partial charge in [-0.15, -0.1) is 0 Å². The molecule has 0 bridgehead atoms. The first-order valence-electron chi connectivity index (χ1n) is 9.60. The van der Waals surface area contributed by atoms with Crippen molar-refractivity contribution in [1.82, 2.24) is 10.2 Å². The van der Waals surface area contributed by atoms with Crippen LogP contribution in [0, 0.1) is 6.92 Å². The number of likely N-dealkylation sites (tertiary alicyclic amines) is 1. The normalized spacial score (nSPS) is 15.2. The third kappa shape index (κ3) is 5.40. The number of ether oxygens (including phenoxy) is 2. The van der Waals surface area contributed by atoms with Crippen LogP contribution in [-0.2, 0) is 4.79 Å². The molecule has 2 aromatic rings. The summed E-state index contributed by atoms with van der Waals surface area (Å²) in [6, 6.07) is 13.6. The number of hydrogen-bond acceptors (Lipinski definition) is 4. The van der Waals surface area contributed by atoms with Crippen molar-refractivity contribution in [3.63, 3.8) is 0 Å². The second kappa shape index (κ2) is 9.80. The number of aryl methyl sites for hydroxylation is 1. The predicted octanol–water partition coefficient (Wildman–Crippen LogP) is 3.99. The topological polar surface area (TPSA) is 50.8 Å². The van der Waals surface area contributed by atoms with E-state index < -0.39 is 0 Å². The molecule has 5 nitrogen and oxygen atoms in total. The van der Waals surface area contributed by atoms with Crippen LogP contribution in [0.5, 0.6) is 11.5 Å². The molecule has 0 saturated carbocycles. The number of hydrogen-bond donors (Lipinski definition) is 1. The van der Waals surface area contributed by atoms with Gasteiger partial charge in [-0.25, -0.2) is 0 Å². The molecule has 3 rings (SSSR count). The fraction of sp³-hybridized carbons (Fsp3) is 0.409. The Balaban J connectivity index is 1.58. The number of methoxy groups -OCH3 is 1. The van der Waals surface area contributed by atoms with Gasteiger partial charge in [-0.3, -0.25) is 9.69 Å². The standard InChI is InChI=1S/C22H27ClN2O3/c1-16-13-18(23)7-10-21(16)28-15-22(26)24-14-20(25-11-3-4-12-25)17-5-8-19(27-2)9-6-17/h5-10,13,20H,3-4,11-12,14-15H2,1-2H3,(H,24,26). The van der Waals surface area contributed by atoms with Crippen LogP contribution in [0.4, 0.5) is 0 Å². The molecule has 150 valence electrons. The Bertz CT molecular complexity index is 789. The molecule has 1 saturated heterocycles. The van der Waals surface area contributed by atoms with Gasteiger partial charge in [0.05, 0.1) is 13.2 Å². The molecular weight excluding hydrogens is 376 g/mol. The summed E-state index contributed by atoms with van der Waals surface area (Å²) in [4.78, 5) is 14.8. The number of carbonyl (C=O) groups is 1. The molecule has 1 heterocycles. The van der Waals surface area contributed by atoms with Crippen LogP contribution in [0.15, 0.2) is 42.5 Å². The van der Waals surface area contributed by atoms with E-state index in [1.807, 2.05) is 25.1 Å². The molecule has 1 N–H and O–H groups in total. The number of rotatable bonds is 8. The zero-order chi connectivity index (χ0) is 19.9. The molecule has 1 aliphatic heterocycles. The minimum atomic E-state index is -0.132. The number of nitrogens with one attached hydrogen (secondary N) is 1. The molecule has 1 atom stereocenters. The van der Waals surface area contributed by atoms with E-state index in [-0.39, 0.29) is 18.6 Å². The third-order valence-corrected chi connectivity index (χ3v) is 5.31. The quantitative estimate of drug-likeness (QED) is 0.725. The van der Waals surface area contributed by atoms with Crippen LogP contribution in [-0.4, -0.2) is 44.2 Å². The van der Waals surface area contributed by atoms with Gasteiger partial charge in [0.1, 0.15) is 11.5 Å². The number of benzene rings is 2. The van der Waals surface area contributed by atoms with Gasteiger partial charge in [0.15, 0.2) is 6.61 Å². The molecular formula is C22H27ClN2O3. The van der Waals surface area contributed by atoms with Gasteiger partial charge in [-0.05, 0) is 74.3 Å². The largest absolute Gasteiger partial charge is 0.497 e. The Hall–Kier alpha value is -2.24. The van der Waals surface area contributed by atoms with Crippen LogP contribution >= 0.6 is 11.6 Å². The molecule has 2 aromatic carbocycles. The molecule has 1 aliphatic rings. The minimum Gasteiger partial charge on any atom is -0.497 e. The van der Waals surface area contributed by atoms with E-state index in [4.69, 9.17) is 21.1 Å². The Morgan fingerprint density at radius 1 is 1.18 bits per heavy atom. The van der Waals surface area contributed by atoms with Crippen molar-refractivity contribution in [1.29, 1.82) is 0 Å². The Kier molecular flexibility index (Phi) is 7.18. The van der Waals surface area contributed by atoms with E-state index in [0.29, 0.717) is 17.3 Å². The van der Waals surface area contributed by atoms with Gasteiger partial charge in [0.2, 0.25) is 0 Å². The van der Waals surface area contributed by atoms with Gasteiger partial charge in [0, 0.05) is 11.6 Å². The van der Waals surface area contributed by atoms with E-state index in [2.05, 4.69) is 22.3 Å². The summed E-state index contributed by atoms with van der Waals surface area (Å²) in [6.07, 6.45) is 2.39. The maximum absolute atomic E-state index is 12.3. The van der Waals surface area contributed by atoms with Crippen LogP contribution in [0.1, 0.15) is 30.0 Å². The fourth-order valence-corrected chi connectivity index (χ4v) is 3.74. The smallest absolute Gasteiger partial charge is 0.258 e. The summed E-state index contributed by atoms with van der Waals surface area (Å²) in [6.45, 7) is 4.54. The third-order valence-electron chi connectivity index (χ3n) is 5.07. The Morgan fingerprint density at radius 3 is 2.54 bits per heavy atom. The maximum atomic E-state index is 12.3. The van der Waals surface area contributed by atoms with Crippen molar-refractivity contribution in [3.8, 4) is 11.5 Å². The lowest BCUT2D eigenvalue weighted by Crippen LogP contribution is -2.38. The van der Waals surface area contributed by atoms with Crippen LogP contribution in [0.3, 0.4) is 0 Å². The first-order valence-corrected chi connectivity index (χ1v) is 9.98. The van der Waals surface area contributed by atoms with Gasteiger partial charge in [-0.1, -0.05) is 23.7 Å². The highest BCUT2D eigenvalue weighted by Gasteiger charge is 2.24. The second-order valence-corrected chi connectivity index (χ2v) is 7.47. The molecule has 0 radical (unpaired) electrons. The zero-order valence-corrected chi connectivity index (χ0v) is 17.2. The van der Waals surface area contributed by atoms with Gasteiger partial charge in [0.25, 0.3) is 5.91 Å². The Labute approximate surface area is 171 Å². The van der Waals surface area contributed by atoms with Crippen LogP contribution in [0.2, 0.25) is 5.02 Å². The van der Waals surface area contributed by atoms with Crippen molar-refractivity contribution in [3.05, 3.63) is 58.6 Å². The SMILES string of the molecule is COc1ccc(C(CNC(=O)COc2ccc(Cl)cc2C)N2CCCC2)cc1. The van der Waals surface area contributed by atoms with Crippen LogP contribution in [0.25, 0.3) is 0 Å². The van der Waals surface area contributed by atoms with Crippen molar-refractivity contribution in [2.45, 2.75) is 25.8 Å². The summed E-state index contributed by atoms with van der Waals surface area (Å²) in [5.41, 5.74) is 2.09. The Morgan fingerprint density at radius 2 is 1.89 bits per heavy atom. The fourth-order valence-electron chi connectivity index (χ4n) is 3.52. The maximum Gasteiger partial charge on any atom is 0.258 e. The highest BCUT2D eigenvalue weighted by atomic mass is 35.5. The van der Waals surface area contributed by atoms with Crippen molar-refractivity contribution < 1.29 is 14.3 Å². The van der Waals surface area contributed by atoms with E-state index in [1.165, 1.54) is 18.4 Å². The monoisotopic (exact) mass is 402 g/mol. The van der Waals surface area contributed by atoms with E-state index in [1.54, 1.807) is 19.2 Å². The summed E-state index contributed by atoms with van der Waals surface area (Å²) in [5.74, 6) is 1.37. The predicted molar refractivity (Wildman–Crippen MR) is 111 cm³/mol. The molecule has 28 heavy (non-hydrogen) atoms. The molecule has 0 spiro atoms. The van der Waals surface area contributed by atoms with Crippen LogP contribution < -0.4 is 14.8 Å². The van der Waals surface area contributed by atoms with Gasteiger partial charge in [-0.2, -0.15) is 0 Å². The van der Waals surface area contributed by atoms with Crippen molar-refractivity contribution >= 4 is 17.5 Å². The average molecular weight is 403 g/mol. The lowest BCUT2D eigenvalue weighted by Gasteiger charge is -2.28. The molecule has 0 aliphatic carbocycles. The zero-order valence-electron chi connectivity index (χ0n) is 16.4. The number of halogens is 1.